The molecule has 2 unspecified atom stereocenters. The topological polar surface area (TPSA) is 69.9 Å². The summed E-state index contributed by atoms with van der Waals surface area (Å²) in [6, 6.07) is 8.09. The summed E-state index contributed by atoms with van der Waals surface area (Å²) >= 11 is 1.33. The molecule has 3 aromatic rings. The zero-order valence-corrected chi connectivity index (χ0v) is 13.7. The second-order valence-corrected chi connectivity index (χ2v) is 6.79. The van der Waals surface area contributed by atoms with E-state index < -0.39 is 0 Å². The molecule has 7 heteroatoms. The Bertz CT molecular complexity index is 908. The highest BCUT2D eigenvalue weighted by Crippen LogP contribution is 2.32. The van der Waals surface area contributed by atoms with Crippen molar-refractivity contribution in [1.82, 2.24) is 19.7 Å². The van der Waals surface area contributed by atoms with Crippen LogP contribution in [-0.4, -0.2) is 37.1 Å². The second kappa shape index (κ2) is 5.49. The van der Waals surface area contributed by atoms with Crippen molar-refractivity contribution in [2.75, 3.05) is 0 Å². The first kappa shape index (κ1) is 14.4. The van der Waals surface area contributed by atoms with Crippen LogP contribution in [0.4, 0.5) is 0 Å². The Labute approximate surface area is 137 Å². The van der Waals surface area contributed by atoms with E-state index in [0.717, 1.165) is 28.6 Å². The van der Waals surface area contributed by atoms with Crippen LogP contribution in [0.5, 0.6) is 0 Å². The van der Waals surface area contributed by atoms with E-state index in [4.69, 9.17) is 4.74 Å². The average molecular weight is 328 g/mol. The molecule has 0 amide bonds. The van der Waals surface area contributed by atoms with Gasteiger partial charge in [-0.3, -0.25) is 4.79 Å². The first-order valence-electron chi connectivity index (χ1n) is 7.66. The van der Waals surface area contributed by atoms with Crippen LogP contribution in [0.1, 0.15) is 20.3 Å². The number of aromatic nitrogens is 4. The molecule has 1 aliphatic heterocycles. The number of benzene rings is 1. The predicted octanol–water partition coefficient (Wildman–Crippen LogP) is 2.80. The van der Waals surface area contributed by atoms with E-state index in [1.165, 1.54) is 11.8 Å². The number of para-hydroxylation sites is 1. The second-order valence-electron chi connectivity index (χ2n) is 5.62. The van der Waals surface area contributed by atoms with Crippen LogP contribution in [0.3, 0.4) is 0 Å². The molecule has 0 spiro atoms. The number of aryl methyl sites for hydroxylation is 1. The van der Waals surface area contributed by atoms with E-state index in [1.807, 2.05) is 25.1 Å². The van der Waals surface area contributed by atoms with Gasteiger partial charge in [-0.2, -0.15) is 0 Å². The normalized spacial score (nSPS) is 21.2. The lowest BCUT2D eigenvalue weighted by molar-refractivity contribution is -0.140. The Balaban J connectivity index is 1.78. The smallest absolute Gasteiger partial charge is 0.319 e. The quantitative estimate of drug-likeness (QED) is 0.689. The minimum absolute atomic E-state index is 0.0428. The maximum Gasteiger partial charge on any atom is 0.319 e. The summed E-state index contributed by atoms with van der Waals surface area (Å²) in [7, 11) is 0. The SMILES string of the molecule is CCn1c2ccccc2c2nnc(SC3CC(C)OC3=O)nc21. The van der Waals surface area contributed by atoms with E-state index in [9.17, 15) is 4.79 Å². The minimum Gasteiger partial charge on any atom is -0.462 e. The van der Waals surface area contributed by atoms with Gasteiger partial charge in [0.2, 0.25) is 5.16 Å². The fourth-order valence-electron chi connectivity index (χ4n) is 3.00. The largest absolute Gasteiger partial charge is 0.462 e. The van der Waals surface area contributed by atoms with Gasteiger partial charge in [-0.25, -0.2) is 4.98 Å². The lowest BCUT2D eigenvalue weighted by Crippen LogP contribution is -2.10. The number of hydrogen-bond donors (Lipinski definition) is 0. The van der Waals surface area contributed by atoms with Gasteiger partial charge in [0, 0.05) is 18.4 Å². The lowest BCUT2D eigenvalue weighted by Gasteiger charge is -2.04. The fourth-order valence-corrected chi connectivity index (χ4v) is 4.00. The first-order valence-corrected chi connectivity index (χ1v) is 8.54. The van der Waals surface area contributed by atoms with E-state index in [0.29, 0.717) is 11.6 Å². The molecule has 0 N–H and O–H groups in total. The van der Waals surface area contributed by atoms with Crippen LogP contribution in [0, 0.1) is 0 Å². The van der Waals surface area contributed by atoms with Gasteiger partial charge in [-0.05, 0) is 19.9 Å². The molecule has 0 radical (unpaired) electrons. The lowest BCUT2D eigenvalue weighted by atomic mass is 10.2. The Morgan fingerprint density at radius 2 is 2.17 bits per heavy atom. The molecule has 23 heavy (non-hydrogen) atoms. The third-order valence-electron chi connectivity index (χ3n) is 4.04. The highest BCUT2D eigenvalue weighted by atomic mass is 32.2. The Morgan fingerprint density at radius 3 is 2.91 bits per heavy atom. The van der Waals surface area contributed by atoms with Crippen molar-refractivity contribution >= 4 is 39.8 Å². The Hall–Kier alpha value is -2.15. The predicted molar refractivity (Wildman–Crippen MR) is 88.3 cm³/mol. The van der Waals surface area contributed by atoms with Crippen LogP contribution < -0.4 is 0 Å². The first-order chi connectivity index (χ1) is 11.2. The van der Waals surface area contributed by atoms with Gasteiger partial charge < -0.3 is 9.30 Å². The Morgan fingerprint density at radius 1 is 1.35 bits per heavy atom. The van der Waals surface area contributed by atoms with Gasteiger partial charge in [-0.15, -0.1) is 10.2 Å². The van der Waals surface area contributed by atoms with Gasteiger partial charge in [-0.1, -0.05) is 30.0 Å². The van der Waals surface area contributed by atoms with E-state index in [1.54, 1.807) is 0 Å². The highest BCUT2D eigenvalue weighted by Gasteiger charge is 2.33. The van der Waals surface area contributed by atoms with Crippen molar-refractivity contribution < 1.29 is 9.53 Å². The molecule has 1 aliphatic rings. The number of carbonyl (C=O) groups is 1. The van der Waals surface area contributed by atoms with E-state index >= 15 is 0 Å². The monoisotopic (exact) mass is 328 g/mol. The molecule has 0 bridgehead atoms. The van der Waals surface area contributed by atoms with Crippen LogP contribution in [0.2, 0.25) is 0 Å². The summed E-state index contributed by atoms with van der Waals surface area (Å²) < 4.78 is 7.31. The zero-order chi connectivity index (χ0) is 16.0. The molecule has 1 aromatic carbocycles. The number of thioether (sulfide) groups is 1. The maximum atomic E-state index is 11.8. The maximum absolute atomic E-state index is 11.8. The van der Waals surface area contributed by atoms with Gasteiger partial charge in [0.1, 0.15) is 16.9 Å². The number of carbonyl (C=O) groups excluding carboxylic acids is 1. The standard InChI is InChI=1S/C16H16N4O2S/c1-3-20-11-7-5-4-6-10(11)13-14(20)17-16(19-18-13)23-12-8-9(2)22-15(12)21/h4-7,9,12H,3,8H2,1-2H3. The van der Waals surface area contributed by atoms with Crippen molar-refractivity contribution in [2.24, 2.45) is 0 Å². The molecule has 0 saturated carbocycles. The molecular weight excluding hydrogens is 312 g/mol. The zero-order valence-electron chi connectivity index (χ0n) is 12.9. The number of nitrogens with zero attached hydrogens (tertiary/aromatic N) is 4. The molecule has 118 valence electrons. The van der Waals surface area contributed by atoms with Gasteiger partial charge in [0.05, 0.1) is 5.52 Å². The molecule has 6 nitrogen and oxygen atoms in total. The molecular formula is C16H16N4O2S. The van der Waals surface area contributed by atoms with Crippen molar-refractivity contribution in [2.45, 2.75) is 43.3 Å². The number of esters is 1. The number of rotatable bonds is 3. The van der Waals surface area contributed by atoms with Crippen LogP contribution in [-0.2, 0) is 16.1 Å². The molecule has 2 atom stereocenters. The summed E-state index contributed by atoms with van der Waals surface area (Å²) in [5.41, 5.74) is 2.71. The van der Waals surface area contributed by atoms with E-state index in [-0.39, 0.29) is 17.3 Å². The third kappa shape index (κ3) is 2.35. The molecule has 1 fully saturated rings. The molecule has 4 rings (SSSR count). The Kier molecular flexibility index (Phi) is 3.45. The fraction of sp³-hybridized carbons (Fsp3) is 0.375. The molecule has 2 aromatic heterocycles. The van der Waals surface area contributed by atoms with E-state index in [2.05, 4.69) is 32.7 Å². The van der Waals surface area contributed by atoms with Crippen LogP contribution >= 0.6 is 11.8 Å². The van der Waals surface area contributed by atoms with Crippen molar-refractivity contribution in [1.29, 1.82) is 0 Å². The van der Waals surface area contributed by atoms with Gasteiger partial charge in [0.25, 0.3) is 0 Å². The number of ether oxygens (including phenoxy) is 1. The summed E-state index contributed by atoms with van der Waals surface area (Å²) in [4.78, 5) is 16.4. The number of hydrogen-bond acceptors (Lipinski definition) is 6. The molecule has 3 heterocycles. The van der Waals surface area contributed by atoms with Crippen LogP contribution in [0.25, 0.3) is 22.1 Å². The number of cyclic esters (lactones) is 1. The summed E-state index contributed by atoms with van der Waals surface area (Å²) in [6.45, 7) is 4.78. The molecule has 0 aliphatic carbocycles. The van der Waals surface area contributed by atoms with Gasteiger partial charge >= 0.3 is 5.97 Å². The van der Waals surface area contributed by atoms with Crippen molar-refractivity contribution in [3.8, 4) is 0 Å². The average Bonchev–Trinajstić information content (AvgIpc) is 3.03. The molecule has 1 saturated heterocycles. The summed E-state index contributed by atoms with van der Waals surface area (Å²) in [5, 5.41) is 9.89. The van der Waals surface area contributed by atoms with Crippen LogP contribution in [0.15, 0.2) is 29.4 Å². The van der Waals surface area contributed by atoms with Crippen molar-refractivity contribution in [3.63, 3.8) is 0 Å². The van der Waals surface area contributed by atoms with Crippen molar-refractivity contribution in [3.05, 3.63) is 24.3 Å². The number of fused-ring (bicyclic) bond motifs is 3. The highest BCUT2D eigenvalue weighted by molar-refractivity contribution is 8.00. The van der Waals surface area contributed by atoms with Gasteiger partial charge in [0.15, 0.2) is 5.65 Å². The minimum atomic E-state index is -0.247. The summed E-state index contributed by atoms with van der Waals surface area (Å²) in [5.74, 6) is -0.192. The third-order valence-corrected chi connectivity index (χ3v) is 5.10. The summed E-state index contributed by atoms with van der Waals surface area (Å²) in [6.07, 6.45) is 0.639.